The summed E-state index contributed by atoms with van der Waals surface area (Å²) in [4.78, 5) is 15.4. The van der Waals surface area contributed by atoms with Crippen molar-refractivity contribution in [3.05, 3.63) is 95.1 Å². The van der Waals surface area contributed by atoms with E-state index in [0.717, 1.165) is 28.8 Å². The van der Waals surface area contributed by atoms with Gasteiger partial charge in [0.15, 0.2) is 0 Å². The molecule has 0 radical (unpaired) electrons. The third-order valence-corrected chi connectivity index (χ3v) is 6.60. The Bertz CT molecular complexity index is 1270. The van der Waals surface area contributed by atoms with Crippen molar-refractivity contribution < 1.29 is 4.79 Å². The van der Waals surface area contributed by atoms with E-state index < -0.39 is 0 Å². The molecule has 0 fully saturated rings. The third kappa shape index (κ3) is 3.16. The number of fused-ring (bicyclic) bond motifs is 2. The lowest BCUT2D eigenvalue weighted by atomic mass is 9.93. The summed E-state index contributed by atoms with van der Waals surface area (Å²) >= 11 is 6.03. The molecule has 1 aliphatic rings. The van der Waals surface area contributed by atoms with Crippen LogP contribution in [0.5, 0.6) is 0 Å². The minimum absolute atomic E-state index is 0.0912. The SMILES string of the molecule is Cc1ccc(-c2c([C@@H]3c4ccccc4C(=O)N3CCCCl)c3ccccc3n2C)cc1. The zero-order chi connectivity index (χ0) is 21.5. The third-order valence-electron chi connectivity index (χ3n) is 6.34. The molecule has 1 aliphatic heterocycles. The van der Waals surface area contributed by atoms with Gasteiger partial charge in [0, 0.05) is 41.5 Å². The highest BCUT2D eigenvalue weighted by molar-refractivity contribution is 6.17. The molecule has 0 spiro atoms. The molecule has 0 N–H and O–H groups in total. The van der Waals surface area contributed by atoms with Gasteiger partial charge in [-0.15, -0.1) is 11.6 Å². The number of amides is 1. The van der Waals surface area contributed by atoms with Crippen LogP contribution in [0.25, 0.3) is 22.2 Å². The molecule has 1 aromatic heterocycles. The fraction of sp³-hybridized carbons (Fsp3) is 0.222. The van der Waals surface area contributed by atoms with Gasteiger partial charge in [-0.05, 0) is 36.6 Å². The molecule has 1 amide bonds. The second kappa shape index (κ2) is 7.90. The normalized spacial score (nSPS) is 15.6. The van der Waals surface area contributed by atoms with E-state index in [-0.39, 0.29) is 11.9 Å². The minimum atomic E-state index is -0.130. The highest BCUT2D eigenvalue weighted by atomic mass is 35.5. The predicted molar refractivity (Wildman–Crippen MR) is 128 cm³/mol. The average Bonchev–Trinajstić information content (AvgIpc) is 3.24. The van der Waals surface area contributed by atoms with Crippen LogP contribution >= 0.6 is 11.6 Å². The lowest BCUT2D eigenvalue weighted by molar-refractivity contribution is 0.0751. The van der Waals surface area contributed by atoms with Crippen LogP contribution in [-0.2, 0) is 7.05 Å². The van der Waals surface area contributed by atoms with Crippen LogP contribution < -0.4 is 0 Å². The monoisotopic (exact) mass is 428 g/mol. The molecule has 5 rings (SSSR count). The first-order valence-electron chi connectivity index (χ1n) is 10.7. The van der Waals surface area contributed by atoms with Gasteiger partial charge < -0.3 is 9.47 Å². The van der Waals surface area contributed by atoms with Gasteiger partial charge in [-0.1, -0.05) is 66.2 Å². The van der Waals surface area contributed by atoms with E-state index in [4.69, 9.17) is 11.6 Å². The molecule has 156 valence electrons. The first-order valence-corrected chi connectivity index (χ1v) is 11.3. The highest BCUT2D eigenvalue weighted by Gasteiger charge is 2.40. The molecule has 0 aliphatic carbocycles. The number of benzene rings is 3. The summed E-state index contributed by atoms with van der Waals surface area (Å²) in [6.45, 7) is 2.74. The number of carbonyl (C=O) groups is 1. The maximum Gasteiger partial charge on any atom is 0.255 e. The number of aryl methyl sites for hydroxylation is 2. The van der Waals surface area contributed by atoms with E-state index >= 15 is 0 Å². The van der Waals surface area contributed by atoms with E-state index in [1.165, 1.54) is 22.0 Å². The zero-order valence-corrected chi connectivity index (χ0v) is 18.6. The molecule has 0 saturated heterocycles. The van der Waals surface area contributed by atoms with Crippen LogP contribution in [0.3, 0.4) is 0 Å². The first kappa shape index (κ1) is 19.9. The Morgan fingerprint density at radius 1 is 0.935 bits per heavy atom. The molecule has 4 heteroatoms. The van der Waals surface area contributed by atoms with Crippen LogP contribution in [0.4, 0.5) is 0 Å². The summed E-state index contributed by atoms with van der Waals surface area (Å²) in [6.07, 6.45) is 0.766. The maximum absolute atomic E-state index is 13.4. The average molecular weight is 429 g/mol. The molecule has 0 saturated carbocycles. The summed E-state index contributed by atoms with van der Waals surface area (Å²) in [5.74, 6) is 0.626. The van der Waals surface area contributed by atoms with Crippen LogP contribution in [0, 0.1) is 6.92 Å². The van der Waals surface area contributed by atoms with E-state index in [0.29, 0.717) is 12.4 Å². The topological polar surface area (TPSA) is 25.2 Å². The van der Waals surface area contributed by atoms with Gasteiger partial charge in [-0.3, -0.25) is 4.79 Å². The lowest BCUT2D eigenvalue weighted by Gasteiger charge is -2.27. The number of aromatic nitrogens is 1. The van der Waals surface area contributed by atoms with Crippen LogP contribution in [-0.4, -0.2) is 27.8 Å². The molecule has 3 nitrogen and oxygen atoms in total. The minimum Gasteiger partial charge on any atom is -0.343 e. The Morgan fingerprint density at radius 3 is 2.42 bits per heavy atom. The second-order valence-corrected chi connectivity index (χ2v) is 8.61. The van der Waals surface area contributed by atoms with E-state index in [9.17, 15) is 4.79 Å². The number of nitrogens with zero attached hydrogens (tertiary/aromatic N) is 2. The van der Waals surface area contributed by atoms with Crippen LogP contribution in [0.2, 0.25) is 0 Å². The van der Waals surface area contributed by atoms with Gasteiger partial charge in [0.1, 0.15) is 0 Å². The Labute approximate surface area is 187 Å². The first-order chi connectivity index (χ1) is 15.1. The fourth-order valence-corrected chi connectivity index (χ4v) is 5.02. The number of hydrogen-bond donors (Lipinski definition) is 0. The summed E-state index contributed by atoms with van der Waals surface area (Å²) in [5.41, 5.74) is 7.78. The van der Waals surface area contributed by atoms with Gasteiger partial charge in [-0.2, -0.15) is 0 Å². The predicted octanol–water partition coefficient (Wildman–Crippen LogP) is 6.33. The lowest BCUT2D eigenvalue weighted by Crippen LogP contribution is -2.30. The van der Waals surface area contributed by atoms with Gasteiger partial charge in [0.2, 0.25) is 0 Å². The zero-order valence-electron chi connectivity index (χ0n) is 17.8. The Kier molecular flexibility index (Phi) is 5.07. The molecule has 0 bridgehead atoms. The van der Waals surface area contributed by atoms with Crippen molar-refractivity contribution in [1.29, 1.82) is 0 Å². The smallest absolute Gasteiger partial charge is 0.255 e. The number of carbonyl (C=O) groups excluding carboxylic acids is 1. The second-order valence-electron chi connectivity index (χ2n) is 8.24. The van der Waals surface area contributed by atoms with Gasteiger partial charge in [0.25, 0.3) is 5.91 Å². The van der Waals surface area contributed by atoms with Crippen molar-refractivity contribution in [2.75, 3.05) is 12.4 Å². The van der Waals surface area contributed by atoms with Crippen LogP contribution in [0.1, 0.15) is 39.5 Å². The maximum atomic E-state index is 13.4. The molecule has 3 aromatic carbocycles. The molecule has 31 heavy (non-hydrogen) atoms. The fourth-order valence-electron chi connectivity index (χ4n) is 4.90. The summed E-state index contributed by atoms with van der Waals surface area (Å²) < 4.78 is 2.26. The number of hydrogen-bond acceptors (Lipinski definition) is 1. The number of para-hydroxylation sites is 1. The number of alkyl halides is 1. The van der Waals surface area contributed by atoms with Crippen molar-refractivity contribution in [2.24, 2.45) is 7.05 Å². The number of rotatable bonds is 5. The standard InChI is InChI=1S/C27H25ClN2O/c1-18-12-14-19(15-13-18)25-24(22-10-5-6-11-23(22)29(25)2)26-20-8-3-4-9-21(20)27(31)30(26)17-7-16-28/h3-6,8-15,26H,7,16-17H2,1-2H3/t26-/m0/s1. The Hall–Kier alpha value is -3.04. The molecular weight excluding hydrogens is 404 g/mol. The Balaban J connectivity index is 1.82. The van der Waals surface area contributed by atoms with Gasteiger partial charge in [-0.25, -0.2) is 0 Å². The van der Waals surface area contributed by atoms with Gasteiger partial charge in [0.05, 0.1) is 11.7 Å². The number of halogens is 1. The molecule has 2 heterocycles. The molecular formula is C27H25ClN2O. The Morgan fingerprint density at radius 2 is 1.65 bits per heavy atom. The van der Waals surface area contributed by atoms with E-state index in [2.05, 4.69) is 73.1 Å². The van der Waals surface area contributed by atoms with Crippen molar-refractivity contribution >= 4 is 28.4 Å². The van der Waals surface area contributed by atoms with E-state index in [1.54, 1.807) is 0 Å². The van der Waals surface area contributed by atoms with Crippen molar-refractivity contribution in [2.45, 2.75) is 19.4 Å². The highest BCUT2D eigenvalue weighted by Crippen LogP contribution is 2.46. The van der Waals surface area contributed by atoms with Crippen molar-refractivity contribution in [3.8, 4) is 11.3 Å². The molecule has 1 atom stereocenters. The largest absolute Gasteiger partial charge is 0.343 e. The van der Waals surface area contributed by atoms with Crippen molar-refractivity contribution in [1.82, 2.24) is 9.47 Å². The quantitative estimate of drug-likeness (QED) is 0.341. The summed E-state index contributed by atoms with van der Waals surface area (Å²) in [6, 6.07) is 25.0. The molecule has 0 unspecified atom stereocenters. The van der Waals surface area contributed by atoms with Gasteiger partial charge >= 0.3 is 0 Å². The molecule has 4 aromatic rings. The van der Waals surface area contributed by atoms with Crippen molar-refractivity contribution in [3.63, 3.8) is 0 Å². The summed E-state index contributed by atoms with van der Waals surface area (Å²) in [7, 11) is 2.12. The van der Waals surface area contributed by atoms with Crippen LogP contribution in [0.15, 0.2) is 72.8 Å². The van der Waals surface area contributed by atoms with E-state index in [1.807, 2.05) is 23.1 Å². The summed E-state index contributed by atoms with van der Waals surface area (Å²) in [5, 5.41) is 1.19.